The standard InChI is InChI=1S/C15H22N4OS/c1-14(2,3)13-17-11(18-19-13)12(20)16-9-15(4,5)10-7-6-8-21-10/h6-8H,9H2,1-5H3,(H,16,20)(H,17,18,19). The molecule has 5 nitrogen and oxygen atoms in total. The predicted molar refractivity (Wildman–Crippen MR) is 84.8 cm³/mol. The summed E-state index contributed by atoms with van der Waals surface area (Å²) in [6, 6.07) is 4.11. The molecule has 0 saturated heterocycles. The molecular weight excluding hydrogens is 284 g/mol. The molecule has 2 heterocycles. The maximum absolute atomic E-state index is 12.1. The summed E-state index contributed by atoms with van der Waals surface area (Å²) in [7, 11) is 0. The zero-order chi connectivity index (χ0) is 15.7. The third-order valence-electron chi connectivity index (χ3n) is 3.28. The van der Waals surface area contributed by atoms with Crippen molar-refractivity contribution in [2.45, 2.75) is 45.4 Å². The highest BCUT2D eigenvalue weighted by Crippen LogP contribution is 2.26. The van der Waals surface area contributed by atoms with Crippen molar-refractivity contribution in [2.75, 3.05) is 6.54 Å². The number of amides is 1. The summed E-state index contributed by atoms with van der Waals surface area (Å²) in [4.78, 5) is 17.7. The summed E-state index contributed by atoms with van der Waals surface area (Å²) in [6.45, 7) is 10.8. The van der Waals surface area contributed by atoms with E-state index in [2.05, 4.69) is 40.4 Å². The van der Waals surface area contributed by atoms with Gasteiger partial charge in [-0.3, -0.25) is 9.89 Å². The summed E-state index contributed by atoms with van der Waals surface area (Å²) < 4.78 is 0. The molecule has 0 bridgehead atoms. The zero-order valence-electron chi connectivity index (χ0n) is 13.2. The fourth-order valence-electron chi connectivity index (χ4n) is 1.83. The third kappa shape index (κ3) is 3.69. The van der Waals surface area contributed by atoms with Crippen LogP contribution in [0.4, 0.5) is 0 Å². The van der Waals surface area contributed by atoms with E-state index < -0.39 is 0 Å². The summed E-state index contributed by atoms with van der Waals surface area (Å²) in [6.07, 6.45) is 0. The van der Waals surface area contributed by atoms with Crippen molar-refractivity contribution in [1.82, 2.24) is 20.5 Å². The van der Waals surface area contributed by atoms with E-state index in [0.29, 0.717) is 12.4 Å². The number of hydrogen-bond acceptors (Lipinski definition) is 4. The van der Waals surface area contributed by atoms with E-state index in [1.165, 1.54) is 4.88 Å². The number of nitrogens with zero attached hydrogens (tertiary/aromatic N) is 2. The number of nitrogens with one attached hydrogen (secondary N) is 2. The molecule has 0 saturated carbocycles. The van der Waals surface area contributed by atoms with Crippen molar-refractivity contribution < 1.29 is 4.79 Å². The molecule has 21 heavy (non-hydrogen) atoms. The average Bonchev–Trinajstić information content (AvgIpc) is 3.05. The van der Waals surface area contributed by atoms with E-state index in [1.807, 2.05) is 32.2 Å². The molecule has 0 atom stereocenters. The summed E-state index contributed by atoms with van der Waals surface area (Å²) >= 11 is 1.70. The van der Waals surface area contributed by atoms with Crippen LogP contribution in [0.15, 0.2) is 17.5 Å². The first-order valence-corrected chi connectivity index (χ1v) is 7.83. The second-order valence-corrected chi connectivity index (χ2v) is 7.75. The molecule has 0 aliphatic heterocycles. The van der Waals surface area contributed by atoms with Crippen LogP contribution < -0.4 is 5.32 Å². The van der Waals surface area contributed by atoms with E-state index in [0.717, 1.165) is 0 Å². The van der Waals surface area contributed by atoms with Crippen molar-refractivity contribution in [3.63, 3.8) is 0 Å². The Morgan fingerprint density at radius 3 is 2.57 bits per heavy atom. The summed E-state index contributed by atoms with van der Waals surface area (Å²) in [5.41, 5.74) is -0.255. The lowest BCUT2D eigenvalue weighted by atomic mass is 9.91. The maximum atomic E-state index is 12.1. The first-order chi connectivity index (χ1) is 9.70. The van der Waals surface area contributed by atoms with Gasteiger partial charge in [0.1, 0.15) is 5.82 Å². The fourth-order valence-corrected chi connectivity index (χ4v) is 2.68. The molecule has 2 rings (SSSR count). The van der Waals surface area contributed by atoms with Gasteiger partial charge in [-0.05, 0) is 11.4 Å². The molecule has 0 aliphatic rings. The van der Waals surface area contributed by atoms with Crippen molar-refractivity contribution in [1.29, 1.82) is 0 Å². The van der Waals surface area contributed by atoms with Gasteiger partial charge in [0.2, 0.25) is 5.82 Å². The van der Waals surface area contributed by atoms with Crippen LogP contribution in [-0.2, 0) is 10.8 Å². The normalized spacial score (nSPS) is 12.4. The molecule has 1 amide bonds. The summed E-state index contributed by atoms with van der Waals surface area (Å²) in [5, 5.41) is 11.8. The van der Waals surface area contributed by atoms with Gasteiger partial charge in [-0.15, -0.1) is 16.4 Å². The Morgan fingerprint density at radius 2 is 2.05 bits per heavy atom. The van der Waals surface area contributed by atoms with Crippen molar-refractivity contribution in [3.8, 4) is 0 Å². The van der Waals surface area contributed by atoms with Gasteiger partial charge < -0.3 is 5.32 Å². The van der Waals surface area contributed by atoms with Crippen molar-refractivity contribution in [2.24, 2.45) is 0 Å². The van der Waals surface area contributed by atoms with E-state index in [-0.39, 0.29) is 22.6 Å². The zero-order valence-corrected chi connectivity index (χ0v) is 14.0. The van der Waals surface area contributed by atoms with Gasteiger partial charge in [-0.1, -0.05) is 40.7 Å². The van der Waals surface area contributed by atoms with Gasteiger partial charge in [-0.25, -0.2) is 4.98 Å². The molecule has 114 valence electrons. The minimum Gasteiger partial charge on any atom is -0.348 e. The van der Waals surface area contributed by atoms with Crippen LogP contribution in [0, 0.1) is 0 Å². The van der Waals surface area contributed by atoms with Gasteiger partial charge in [0, 0.05) is 22.3 Å². The van der Waals surface area contributed by atoms with Gasteiger partial charge in [0.15, 0.2) is 0 Å². The first kappa shape index (κ1) is 15.7. The minimum atomic E-state index is -0.244. The number of H-pyrrole nitrogens is 1. The number of rotatable bonds is 4. The molecule has 6 heteroatoms. The Balaban J connectivity index is 2.01. The van der Waals surface area contributed by atoms with Crippen LogP contribution in [-0.4, -0.2) is 27.6 Å². The van der Waals surface area contributed by atoms with Gasteiger partial charge in [0.05, 0.1) is 0 Å². The molecule has 2 aromatic rings. The van der Waals surface area contributed by atoms with Crippen LogP contribution in [0.5, 0.6) is 0 Å². The lowest BCUT2D eigenvalue weighted by Gasteiger charge is -2.23. The second-order valence-electron chi connectivity index (χ2n) is 6.80. The third-order valence-corrected chi connectivity index (χ3v) is 4.51. The number of aromatic amines is 1. The van der Waals surface area contributed by atoms with Crippen molar-refractivity contribution >= 4 is 17.2 Å². The quantitative estimate of drug-likeness (QED) is 0.912. The number of carbonyl (C=O) groups is 1. The van der Waals surface area contributed by atoms with Crippen molar-refractivity contribution in [3.05, 3.63) is 34.0 Å². The largest absolute Gasteiger partial charge is 0.348 e. The second kappa shape index (κ2) is 5.60. The molecule has 0 unspecified atom stereocenters. The molecule has 0 aliphatic carbocycles. The number of carbonyl (C=O) groups excluding carboxylic acids is 1. The molecule has 2 N–H and O–H groups in total. The summed E-state index contributed by atoms with van der Waals surface area (Å²) in [5.74, 6) is 0.665. The topological polar surface area (TPSA) is 70.7 Å². The Bertz CT molecular complexity index is 608. The number of hydrogen-bond donors (Lipinski definition) is 2. The first-order valence-electron chi connectivity index (χ1n) is 6.95. The SMILES string of the molecule is CC(C)(C)c1nc(C(=O)NCC(C)(C)c2cccs2)n[nH]1. The van der Waals surface area contributed by atoms with Crippen LogP contribution >= 0.6 is 11.3 Å². The maximum Gasteiger partial charge on any atom is 0.290 e. The van der Waals surface area contributed by atoms with Crippen LogP contribution in [0.25, 0.3) is 0 Å². The highest BCUT2D eigenvalue weighted by Gasteiger charge is 2.25. The van der Waals surface area contributed by atoms with E-state index in [9.17, 15) is 4.79 Å². The Morgan fingerprint density at radius 1 is 1.33 bits per heavy atom. The number of thiophene rings is 1. The fraction of sp³-hybridized carbons (Fsp3) is 0.533. The van der Waals surface area contributed by atoms with Gasteiger partial charge in [0.25, 0.3) is 5.91 Å². The van der Waals surface area contributed by atoms with E-state index >= 15 is 0 Å². The van der Waals surface area contributed by atoms with Crippen LogP contribution in [0.3, 0.4) is 0 Å². The van der Waals surface area contributed by atoms with Crippen LogP contribution in [0.1, 0.15) is 55.9 Å². The smallest absolute Gasteiger partial charge is 0.290 e. The Kier molecular flexibility index (Phi) is 4.18. The molecule has 0 spiro atoms. The lowest BCUT2D eigenvalue weighted by Crippen LogP contribution is -2.36. The highest BCUT2D eigenvalue weighted by molar-refractivity contribution is 7.10. The average molecular weight is 306 g/mol. The van der Waals surface area contributed by atoms with Gasteiger partial charge >= 0.3 is 0 Å². The van der Waals surface area contributed by atoms with E-state index in [4.69, 9.17) is 0 Å². The number of aromatic nitrogens is 3. The van der Waals surface area contributed by atoms with Crippen LogP contribution in [0.2, 0.25) is 0 Å². The molecule has 0 fully saturated rings. The van der Waals surface area contributed by atoms with Gasteiger partial charge in [-0.2, -0.15) is 0 Å². The lowest BCUT2D eigenvalue weighted by molar-refractivity contribution is 0.0936. The molecule has 0 aromatic carbocycles. The van der Waals surface area contributed by atoms with E-state index in [1.54, 1.807) is 11.3 Å². The monoisotopic (exact) mass is 306 g/mol. The molecule has 0 radical (unpaired) electrons. The Labute approximate surface area is 129 Å². The molecule has 2 aromatic heterocycles. The minimum absolute atomic E-state index is 0.104. The Hall–Kier alpha value is -1.69. The molecular formula is C15H22N4OS. The highest BCUT2D eigenvalue weighted by atomic mass is 32.1. The predicted octanol–water partition coefficient (Wildman–Crippen LogP) is 2.87.